The molecular weight excluding hydrogens is 246 g/mol. The molecule has 1 N–H and O–H groups in total. The van der Waals surface area contributed by atoms with Crippen LogP contribution >= 0.6 is 0 Å². The zero-order valence-corrected chi connectivity index (χ0v) is 12.4. The third-order valence-corrected chi connectivity index (χ3v) is 5.98. The molecule has 0 atom stereocenters. The molecule has 0 radical (unpaired) electrons. The molecule has 0 saturated heterocycles. The lowest BCUT2D eigenvalue weighted by Gasteiger charge is -2.54. The first-order chi connectivity index (χ1) is 9.81. The number of hydrogen-bond acceptors (Lipinski definition) is 3. The van der Waals surface area contributed by atoms with Crippen molar-refractivity contribution in [3.05, 3.63) is 23.8 Å². The van der Waals surface area contributed by atoms with Crippen molar-refractivity contribution >= 4 is 0 Å². The van der Waals surface area contributed by atoms with Crippen molar-refractivity contribution in [3.8, 4) is 0 Å². The predicted octanol–water partition coefficient (Wildman–Crippen LogP) is 2.81. The van der Waals surface area contributed by atoms with Crippen LogP contribution in [0.25, 0.3) is 0 Å². The number of nitrogens with zero attached hydrogens (tertiary/aromatic N) is 2. The van der Waals surface area contributed by atoms with Crippen LogP contribution in [0.4, 0.5) is 0 Å². The van der Waals surface area contributed by atoms with E-state index in [1.807, 2.05) is 19.4 Å². The van der Waals surface area contributed by atoms with Gasteiger partial charge in [0.15, 0.2) is 0 Å². The molecule has 0 amide bonds. The minimum absolute atomic E-state index is 0.859. The molecule has 1 heterocycles. The monoisotopic (exact) mass is 271 g/mol. The molecule has 1 aromatic rings. The summed E-state index contributed by atoms with van der Waals surface area (Å²) in [5.41, 5.74) is 1.18. The van der Waals surface area contributed by atoms with Gasteiger partial charge in [0.05, 0.1) is 0 Å². The molecule has 4 saturated carbocycles. The van der Waals surface area contributed by atoms with E-state index in [4.69, 9.17) is 0 Å². The summed E-state index contributed by atoms with van der Waals surface area (Å²) in [7, 11) is 1.96. The van der Waals surface area contributed by atoms with E-state index in [1.54, 1.807) is 0 Å². The molecule has 0 aromatic carbocycles. The lowest BCUT2D eigenvalue weighted by Crippen LogP contribution is -2.45. The van der Waals surface area contributed by atoms with Gasteiger partial charge in [-0.15, -0.1) is 0 Å². The topological polar surface area (TPSA) is 37.8 Å². The van der Waals surface area contributed by atoms with Gasteiger partial charge in [0.2, 0.25) is 0 Å². The van der Waals surface area contributed by atoms with Crippen molar-refractivity contribution in [2.75, 3.05) is 7.05 Å². The van der Waals surface area contributed by atoms with Crippen LogP contribution < -0.4 is 5.32 Å². The van der Waals surface area contributed by atoms with Gasteiger partial charge in [-0.3, -0.25) is 0 Å². The van der Waals surface area contributed by atoms with Crippen molar-refractivity contribution in [1.82, 2.24) is 15.3 Å². The maximum atomic E-state index is 4.60. The summed E-state index contributed by atoms with van der Waals surface area (Å²) in [5.74, 6) is 6.03. The summed E-state index contributed by atoms with van der Waals surface area (Å²) in [4.78, 5) is 9.20. The summed E-state index contributed by atoms with van der Waals surface area (Å²) in [6.07, 6.45) is 12.6. The van der Waals surface area contributed by atoms with Gasteiger partial charge in [0.1, 0.15) is 5.82 Å². The second kappa shape index (κ2) is 5.10. The van der Waals surface area contributed by atoms with Crippen LogP contribution in [0.3, 0.4) is 0 Å². The van der Waals surface area contributed by atoms with Crippen LogP contribution in [-0.2, 0) is 13.0 Å². The van der Waals surface area contributed by atoms with Gasteiger partial charge in [-0.05, 0) is 68.7 Å². The molecule has 4 bridgehead atoms. The first-order valence-electron chi connectivity index (χ1n) is 8.26. The smallest absolute Gasteiger partial charge is 0.128 e. The molecule has 108 valence electrons. The number of rotatable bonds is 4. The Bertz CT molecular complexity index is 440. The van der Waals surface area contributed by atoms with Crippen LogP contribution in [0.15, 0.2) is 12.4 Å². The minimum atomic E-state index is 0.859. The van der Waals surface area contributed by atoms with Gasteiger partial charge in [-0.2, -0.15) is 0 Å². The molecule has 0 spiro atoms. The normalized spacial score (nSPS) is 38.4. The number of nitrogens with one attached hydrogen (secondary N) is 1. The molecule has 4 aliphatic rings. The highest BCUT2D eigenvalue weighted by Gasteiger charge is 2.48. The van der Waals surface area contributed by atoms with Gasteiger partial charge >= 0.3 is 0 Å². The maximum Gasteiger partial charge on any atom is 0.128 e. The van der Waals surface area contributed by atoms with Crippen LogP contribution in [0, 0.1) is 29.6 Å². The average Bonchev–Trinajstić information content (AvgIpc) is 2.44. The van der Waals surface area contributed by atoms with E-state index in [9.17, 15) is 0 Å². The Morgan fingerprint density at radius 2 is 1.60 bits per heavy atom. The molecule has 20 heavy (non-hydrogen) atoms. The molecule has 4 aliphatic carbocycles. The van der Waals surface area contributed by atoms with Crippen LogP contribution in [-0.4, -0.2) is 17.0 Å². The second-order valence-corrected chi connectivity index (χ2v) is 7.34. The Hall–Kier alpha value is -0.960. The highest BCUT2D eigenvalue weighted by atomic mass is 14.9. The van der Waals surface area contributed by atoms with Crippen LogP contribution in [0.2, 0.25) is 0 Å². The first-order valence-corrected chi connectivity index (χ1v) is 8.26. The van der Waals surface area contributed by atoms with E-state index in [-0.39, 0.29) is 0 Å². The van der Waals surface area contributed by atoms with Gasteiger partial charge in [0.25, 0.3) is 0 Å². The van der Waals surface area contributed by atoms with E-state index < -0.39 is 0 Å². The fraction of sp³-hybridized carbons (Fsp3) is 0.765. The van der Waals surface area contributed by atoms with E-state index in [2.05, 4.69) is 15.3 Å². The molecule has 0 aliphatic heterocycles. The van der Waals surface area contributed by atoms with E-state index >= 15 is 0 Å². The number of aromatic nitrogens is 2. The van der Waals surface area contributed by atoms with Crippen molar-refractivity contribution in [3.63, 3.8) is 0 Å². The SMILES string of the molecule is CNCc1cnc(CC2C3CC4CC(C3)CC2C4)nc1. The van der Waals surface area contributed by atoms with Gasteiger partial charge < -0.3 is 5.32 Å². The Labute approximate surface area is 121 Å². The van der Waals surface area contributed by atoms with Gasteiger partial charge in [-0.1, -0.05) is 0 Å². The molecule has 3 heteroatoms. The molecular formula is C17H25N3. The summed E-state index contributed by atoms with van der Waals surface area (Å²) in [6, 6.07) is 0. The Morgan fingerprint density at radius 1 is 1.00 bits per heavy atom. The van der Waals surface area contributed by atoms with Crippen LogP contribution in [0.1, 0.15) is 43.5 Å². The Morgan fingerprint density at radius 3 is 2.15 bits per heavy atom. The fourth-order valence-electron chi connectivity index (χ4n) is 5.36. The highest BCUT2D eigenvalue weighted by Crippen LogP contribution is 2.57. The largest absolute Gasteiger partial charge is 0.316 e. The van der Waals surface area contributed by atoms with Crippen molar-refractivity contribution in [2.24, 2.45) is 29.6 Å². The molecule has 0 unspecified atom stereocenters. The summed E-state index contributed by atoms with van der Waals surface area (Å²) in [5, 5.41) is 3.15. The van der Waals surface area contributed by atoms with E-state index in [0.717, 1.165) is 48.4 Å². The summed E-state index contributed by atoms with van der Waals surface area (Å²) >= 11 is 0. The fourth-order valence-corrected chi connectivity index (χ4v) is 5.36. The predicted molar refractivity (Wildman–Crippen MR) is 79.0 cm³/mol. The van der Waals surface area contributed by atoms with Crippen molar-refractivity contribution in [1.29, 1.82) is 0 Å². The lowest BCUT2D eigenvalue weighted by molar-refractivity contribution is -0.0367. The Kier molecular flexibility index (Phi) is 3.25. The highest BCUT2D eigenvalue weighted by molar-refractivity contribution is 5.07. The van der Waals surface area contributed by atoms with E-state index in [1.165, 1.54) is 37.7 Å². The lowest BCUT2D eigenvalue weighted by atomic mass is 9.51. The quantitative estimate of drug-likeness (QED) is 0.915. The summed E-state index contributed by atoms with van der Waals surface area (Å²) < 4.78 is 0. The third kappa shape index (κ3) is 2.26. The minimum Gasteiger partial charge on any atom is -0.316 e. The van der Waals surface area contributed by atoms with Gasteiger partial charge in [0, 0.05) is 30.9 Å². The third-order valence-electron chi connectivity index (χ3n) is 5.98. The summed E-state index contributed by atoms with van der Waals surface area (Å²) in [6.45, 7) is 0.859. The second-order valence-electron chi connectivity index (χ2n) is 7.34. The molecule has 4 fully saturated rings. The molecule has 1 aromatic heterocycles. The van der Waals surface area contributed by atoms with Crippen molar-refractivity contribution in [2.45, 2.75) is 45.1 Å². The maximum absolute atomic E-state index is 4.60. The number of hydrogen-bond donors (Lipinski definition) is 1. The average molecular weight is 271 g/mol. The Balaban J connectivity index is 1.46. The first kappa shape index (κ1) is 12.8. The standard InChI is InChI=1S/C17H25N3/c1-18-8-13-9-19-17(20-10-13)7-16-14-3-11-2-12(5-14)6-15(16)4-11/h9-12,14-16,18H,2-8H2,1H3. The van der Waals surface area contributed by atoms with Crippen LogP contribution in [0.5, 0.6) is 0 Å². The molecule has 3 nitrogen and oxygen atoms in total. The molecule has 5 rings (SSSR count). The van der Waals surface area contributed by atoms with Gasteiger partial charge in [-0.25, -0.2) is 9.97 Å². The zero-order valence-electron chi connectivity index (χ0n) is 12.4. The van der Waals surface area contributed by atoms with E-state index in [0.29, 0.717) is 0 Å². The van der Waals surface area contributed by atoms with Crippen molar-refractivity contribution < 1.29 is 0 Å². The zero-order chi connectivity index (χ0) is 13.5.